The number of aliphatic hydroxyl groups is 1. The number of nitrogens with one attached hydrogen (secondary N) is 1. The average molecular weight is 396 g/mol. The van der Waals surface area contributed by atoms with Crippen molar-refractivity contribution in [3.05, 3.63) is 64.2 Å². The van der Waals surface area contributed by atoms with Gasteiger partial charge in [0.25, 0.3) is 5.69 Å². The van der Waals surface area contributed by atoms with E-state index >= 15 is 0 Å². The summed E-state index contributed by atoms with van der Waals surface area (Å²) in [6.07, 6.45) is -1.23. The van der Waals surface area contributed by atoms with E-state index in [4.69, 9.17) is 9.84 Å². The summed E-state index contributed by atoms with van der Waals surface area (Å²) >= 11 is 0. The van der Waals surface area contributed by atoms with Gasteiger partial charge in [0, 0.05) is 18.7 Å². The van der Waals surface area contributed by atoms with Gasteiger partial charge < -0.3 is 14.9 Å². The number of hydrogen-bond acceptors (Lipinski definition) is 7. The smallest absolute Gasteiger partial charge is 0.337 e. The van der Waals surface area contributed by atoms with Gasteiger partial charge in [-0.2, -0.15) is 0 Å². The van der Waals surface area contributed by atoms with Crippen LogP contribution in [0.25, 0.3) is 0 Å². The van der Waals surface area contributed by atoms with E-state index in [0.717, 1.165) is 12.1 Å². The van der Waals surface area contributed by atoms with Gasteiger partial charge in [-0.15, -0.1) is 0 Å². The van der Waals surface area contributed by atoms with Crippen LogP contribution in [0.3, 0.4) is 0 Å². The van der Waals surface area contributed by atoms with Crippen LogP contribution in [0.4, 0.5) is 5.69 Å². The highest BCUT2D eigenvalue weighted by Crippen LogP contribution is 2.18. The van der Waals surface area contributed by atoms with Crippen molar-refractivity contribution in [2.45, 2.75) is 11.0 Å². The van der Waals surface area contributed by atoms with Crippen molar-refractivity contribution in [2.75, 3.05) is 13.2 Å². The summed E-state index contributed by atoms with van der Waals surface area (Å²) in [4.78, 5) is 20.7. The lowest BCUT2D eigenvalue weighted by molar-refractivity contribution is -0.384. The van der Waals surface area contributed by atoms with E-state index in [1.54, 1.807) is 0 Å². The minimum absolute atomic E-state index is 0.118. The van der Waals surface area contributed by atoms with Gasteiger partial charge >= 0.3 is 5.97 Å². The van der Waals surface area contributed by atoms with Gasteiger partial charge in [0.05, 0.1) is 15.4 Å². The van der Waals surface area contributed by atoms with Gasteiger partial charge in [0.1, 0.15) is 18.5 Å². The summed E-state index contributed by atoms with van der Waals surface area (Å²) < 4.78 is 31.8. The van der Waals surface area contributed by atoms with Gasteiger partial charge in [-0.25, -0.2) is 17.9 Å². The molecule has 0 fully saturated rings. The molecule has 2 aromatic carbocycles. The van der Waals surface area contributed by atoms with Gasteiger partial charge in [-0.3, -0.25) is 10.1 Å². The first-order chi connectivity index (χ1) is 12.7. The number of carboxylic acid groups (broad SMARTS) is 1. The summed E-state index contributed by atoms with van der Waals surface area (Å²) in [5, 5.41) is 29.5. The topological polar surface area (TPSA) is 156 Å². The maximum Gasteiger partial charge on any atom is 0.337 e. The monoisotopic (exact) mass is 396 g/mol. The van der Waals surface area contributed by atoms with Crippen molar-refractivity contribution in [3.63, 3.8) is 0 Å². The van der Waals surface area contributed by atoms with Crippen LogP contribution in [0.15, 0.2) is 53.4 Å². The Kier molecular flexibility index (Phi) is 6.45. The average Bonchev–Trinajstić information content (AvgIpc) is 2.65. The Morgan fingerprint density at radius 1 is 1.19 bits per heavy atom. The molecule has 1 atom stereocenters. The first-order valence-corrected chi connectivity index (χ1v) is 9.06. The number of aromatic carboxylic acids is 1. The molecule has 144 valence electrons. The quantitative estimate of drug-likeness (QED) is 0.419. The van der Waals surface area contributed by atoms with Crippen LogP contribution < -0.4 is 9.46 Å². The van der Waals surface area contributed by atoms with Crippen molar-refractivity contribution in [1.29, 1.82) is 0 Å². The molecule has 0 aliphatic carbocycles. The maximum absolute atomic E-state index is 12.2. The summed E-state index contributed by atoms with van der Waals surface area (Å²) in [6, 6.07) is 10.2. The summed E-state index contributed by atoms with van der Waals surface area (Å²) in [5.41, 5.74) is -0.505. The first-order valence-electron chi connectivity index (χ1n) is 7.58. The van der Waals surface area contributed by atoms with Crippen LogP contribution in [0, 0.1) is 10.1 Å². The van der Waals surface area contributed by atoms with E-state index < -0.39 is 38.5 Å². The zero-order chi connectivity index (χ0) is 20.0. The Bertz CT molecular complexity index is 928. The SMILES string of the molecule is O=C(O)c1ccccc1S(=O)(=O)NCC(O)COc1ccc([N+](=O)[O-])cc1. The van der Waals surface area contributed by atoms with E-state index in [0.29, 0.717) is 0 Å². The molecule has 1 unspecified atom stereocenters. The molecular formula is C16H16N2O8S. The van der Waals surface area contributed by atoms with Crippen LogP contribution in [0.5, 0.6) is 5.75 Å². The highest BCUT2D eigenvalue weighted by Gasteiger charge is 2.22. The third-order valence-electron chi connectivity index (χ3n) is 3.41. The minimum Gasteiger partial charge on any atom is -0.491 e. The molecule has 0 aliphatic heterocycles. The third-order valence-corrected chi connectivity index (χ3v) is 4.89. The third kappa shape index (κ3) is 5.48. The summed E-state index contributed by atoms with van der Waals surface area (Å²) in [5.74, 6) is -1.13. The normalized spacial score (nSPS) is 12.3. The summed E-state index contributed by atoms with van der Waals surface area (Å²) in [6.45, 7) is -0.690. The number of rotatable bonds is 9. The Labute approximate surface area is 154 Å². The van der Waals surface area contributed by atoms with Crippen LogP contribution in [-0.2, 0) is 10.0 Å². The van der Waals surface area contributed by atoms with E-state index in [1.165, 1.54) is 36.4 Å². The molecule has 2 aromatic rings. The molecule has 3 N–H and O–H groups in total. The number of carboxylic acids is 1. The second-order valence-electron chi connectivity index (χ2n) is 5.37. The zero-order valence-electron chi connectivity index (χ0n) is 13.8. The zero-order valence-corrected chi connectivity index (χ0v) is 14.6. The molecule has 0 heterocycles. The minimum atomic E-state index is -4.15. The number of sulfonamides is 1. The van der Waals surface area contributed by atoms with Crippen molar-refractivity contribution in [1.82, 2.24) is 4.72 Å². The molecule has 0 amide bonds. The fraction of sp³-hybridized carbons (Fsp3) is 0.188. The lowest BCUT2D eigenvalue weighted by Crippen LogP contribution is -2.35. The molecule has 27 heavy (non-hydrogen) atoms. The number of benzene rings is 2. The molecule has 11 heteroatoms. The van der Waals surface area contributed by atoms with Crippen molar-refractivity contribution in [3.8, 4) is 5.75 Å². The molecule has 0 saturated heterocycles. The first kappa shape index (κ1) is 20.3. The molecule has 0 bridgehead atoms. The van der Waals surface area contributed by atoms with E-state index in [1.807, 2.05) is 0 Å². The number of non-ortho nitro benzene ring substituents is 1. The van der Waals surface area contributed by atoms with Gasteiger partial charge in [-0.1, -0.05) is 12.1 Å². The molecular weight excluding hydrogens is 380 g/mol. The summed E-state index contributed by atoms with van der Waals surface area (Å²) in [7, 11) is -4.15. The molecule has 0 aromatic heterocycles. The standard InChI is InChI=1S/C16H16N2O8S/c19-12(10-26-13-7-5-11(6-8-13)18(22)23)9-17-27(24,25)15-4-2-1-3-14(15)16(20)21/h1-8,12,17,19H,9-10H2,(H,20,21). The number of carbonyl (C=O) groups is 1. The van der Waals surface area contributed by atoms with Crippen LogP contribution >= 0.6 is 0 Å². The predicted molar refractivity (Wildman–Crippen MR) is 93.2 cm³/mol. The van der Waals surface area contributed by atoms with Gasteiger partial charge in [0.15, 0.2) is 0 Å². The van der Waals surface area contributed by atoms with Crippen molar-refractivity contribution in [2.24, 2.45) is 0 Å². The second kappa shape index (κ2) is 8.58. The van der Waals surface area contributed by atoms with Crippen LogP contribution in [-0.4, -0.2) is 48.8 Å². The number of hydrogen-bond donors (Lipinski definition) is 3. The lowest BCUT2D eigenvalue weighted by Gasteiger charge is -2.14. The van der Waals surface area contributed by atoms with Crippen molar-refractivity contribution < 1.29 is 33.1 Å². The second-order valence-corrected chi connectivity index (χ2v) is 7.10. The highest BCUT2D eigenvalue weighted by molar-refractivity contribution is 7.89. The predicted octanol–water partition coefficient (Wildman–Crippen LogP) is 1.01. The maximum atomic E-state index is 12.2. The van der Waals surface area contributed by atoms with Gasteiger partial charge in [-0.05, 0) is 24.3 Å². The fourth-order valence-electron chi connectivity index (χ4n) is 2.08. The Morgan fingerprint density at radius 2 is 1.81 bits per heavy atom. The fourth-order valence-corrected chi connectivity index (χ4v) is 3.35. The van der Waals surface area contributed by atoms with Gasteiger partial charge in [0.2, 0.25) is 10.0 Å². The molecule has 2 rings (SSSR count). The number of nitro groups is 1. The Morgan fingerprint density at radius 3 is 2.41 bits per heavy atom. The lowest BCUT2D eigenvalue weighted by atomic mass is 10.2. The van der Waals surface area contributed by atoms with E-state index in [2.05, 4.69) is 4.72 Å². The van der Waals surface area contributed by atoms with E-state index in [9.17, 15) is 28.4 Å². The molecule has 0 spiro atoms. The van der Waals surface area contributed by atoms with Crippen molar-refractivity contribution >= 4 is 21.7 Å². The Hall–Kier alpha value is -3.02. The highest BCUT2D eigenvalue weighted by atomic mass is 32.2. The van der Waals surface area contributed by atoms with E-state index in [-0.39, 0.29) is 23.6 Å². The number of ether oxygens (including phenoxy) is 1. The Balaban J connectivity index is 1.94. The molecule has 10 nitrogen and oxygen atoms in total. The molecule has 0 aliphatic rings. The molecule has 0 saturated carbocycles. The molecule has 0 radical (unpaired) electrons. The largest absolute Gasteiger partial charge is 0.491 e. The number of nitrogens with zero attached hydrogens (tertiary/aromatic N) is 1. The number of aliphatic hydroxyl groups excluding tert-OH is 1. The van der Waals surface area contributed by atoms with Crippen LogP contribution in [0.1, 0.15) is 10.4 Å². The number of nitro benzene ring substituents is 1. The van der Waals surface area contributed by atoms with Crippen LogP contribution in [0.2, 0.25) is 0 Å².